The third-order valence-corrected chi connectivity index (χ3v) is 4.27. The summed E-state index contributed by atoms with van der Waals surface area (Å²) in [5.74, 6) is 0.113. The second kappa shape index (κ2) is 5.70. The number of carbonyl (C=O) groups excluding carboxylic acids is 1. The average molecular weight is 276 g/mol. The molecule has 4 heteroatoms. The number of hydrogen-bond donors (Lipinski definition) is 2. The van der Waals surface area contributed by atoms with Crippen molar-refractivity contribution in [2.45, 2.75) is 39.2 Å². The fourth-order valence-corrected chi connectivity index (χ4v) is 2.89. The maximum absolute atomic E-state index is 12.2. The second-order valence-corrected chi connectivity index (χ2v) is 5.79. The first kappa shape index (κ1) is 14.0. The van der Waals surface area contributed by atoms with Crippen LogP contribution in [0.4, 0.5) is 0 Å². The van der Waals surface area contributed by atoms with Crippen molar-refractivity contribution in [2.24, 2.45) is 11.7 Å². The van der Waals surface area contributed by atoms with Crippen molar-refractivity contribution in [3.05, 3.63) is 34.9 Å². The zero-order valence-electron chi connectivity index (χ0n) is 11.4. The van der Waals surface area contributed by atoms with Crippen LogP contribution in [0.5, 0.6) is 0 Å². The highest BCUT2D eigenvalue weighted by Crippen LogP contribution is 2.26. The maximum atomic E-state index is 12.2. The Bertz CT molecular complexity index is 513. The number of thiocarbonyl (C=S) groups is 1. The molecule has 1 saturated carbocycles. The van der Waals surface area contributed by atoms with E-state index < -0.39 is 0 Å². The van der Waals surface area contributed by atoms with E-state index >= 15 is 0 Å². The summed E-state index contributed by atoms with van der Waals surface area (Å²) < 4.78 is 0. The van der Waals surface area contributed by atoms with Crippen LogP contribution >= 0.6 is 12.2 Å². The fraction of sp³-hybridized carbons (Fsp3) is 0.467. The Morgan fingerprint density at radius 3 is 2.68 bits per heavy atom. The fourth-order valence-electron chi connectivity index (χ4n) is 2.61. The summed E-state index contributed by atoms with van der Waals surface area (Å²) in [7, 11) is 0. The topological polar surface area (TPSA) is 55.1 Å². The van der Waals surface area contributed by atoms with Crippen LogP contribution in [-0.2, 0) is 0 Å². The Morgan fingerprint density at radius 2 is 2.05 bits per heavy atom. The molecule has 2 rings (SSSR count). The van der Waals surface area contributed by atoms with E-state index in [0.717, 1.165) is 24.8 Å². The highest BCUT2D eigenvalue weighted by molar-refractivity contribution is 7.80. The molecule has 0 saturated heterocycles. The van der Waals surface area contributed by atoms with E-state index in [-0.39, 0.29) is 17.9 Å². The van der Waals surface area contributed by atoms with Crippen molar-refractivity contribution in [2.75, 3.05) is 0 Å². The predicted molar refractivity (Wildman–Crippen MR) is 81.3 cm³/mol. The zero-order valence-corrected chi connectivity index (χ0v) is 12.2. The zero-order chi connectivity index (χ0) is 14.0. The molecule has 1 amide bonds. The third-order valence-electron chi connectivity index (χ3n) is 3.97. The van der Waals surface area contributed by atoms with Gasteiger partial charge in [-0.15, -0.1) is 0 Å². The molecular weight excluding hydrogens is 256 g/mol. The highest BCUT2D eigenvalue weighted by Gasteiger charge is 2.30. The van der Waals surface area contributed by atoms with Crippen LogP contribution in [0, 0.1) is 19.8 Å². The van der Waals surface area contributed by atoms with E-state index in [1.807, 2.05) is 32.0 Å². The molecule has 2 unspecified atom stereocenters. The predicted octanol–water partition coefficient (Wildman–Crippen LogP) is 2.49. The smallest absolute Gasteiger partial charge is 0.251 e. The van der Waals surface area contributed by atoms with E-state index in [9.17, 15) is 4.79 Å². The largest absolute Gasteiger partial charge is 0.393 e. The average Bonchev–Trinajstić information content (AvgIpc) is 2.80. The van der Waals surface area contributed by atoms with E-state index in [4.69, 9.17) is 18.0 Å². The van der Waals surface area contributed by atoms with Crippen LogP contribution in [0.15, 0.2) is 18.2 Å². The molecule has 3 N–H and O–H groups in total. The molecule has 0 bridgehead atoms. The quantitative estimate of drug-likeness (QED) is 0.834. The Morgan fingerprint density at radius 1 is 1.32 bits per heavy atom. The number of rotatable bonds is 3. The molecule has 0 heterocycles. The molecule has 0 aliphatic heterocycles. The van der Waals surface area contributed by atoms with Gasteiger partial charge in [-0.2, -0.15) is 0 Å². The summed E-state index contributed by atoms with van der Waals surface area (Å²) in [5, 5.41) is 3.07. The van der Waals surface area contributed by atoms with Gasteiger partial charge in [-0.1, -0.05) is 24.7 Å². The Labute approximate surface area is 119 Å². The molecular formula is C15H20N2OS. The summed E-state index contributed by atoms with van der Waals surface area (Å²) >= 11 is 5.07. The first-order chi connectivity index (χ1) is 8.99. The van der Waals surface area contributed by atoms with Crippen LogP contribution in [0.3, 0.4) is 0 Å². The standard InChI is InChI=1S/C15H20N2OS/c1-9-6-7-11(8-10(9)2)15(18)17-13-5-3-4-12(13)14(16)19/h6-8,12-13H,3-5H2,1-2H3,(H2,16,19)(H,17,18). The first-order valence-corrected chi connectivity index (χ1v) is 7.07. The normalized spacial score (nSPS) is 22.2. The third kappa shape index (κ3) is 3.13. The number of aryl methyl sites for hydroxylation is 2. The van der Waals surface area contributed by atoms with Gasteiger partial charge < -0.3 is 11.1 Å². The van der Waals surface area contributed by atoms with Gasteiger partial charge >= 0.3 is 0 Å². The monoisotopic (exact) mass is 276 g/mol. The summed E-state index contributed by atoms with van der Waals surface area (Å²) in [5.41, 5.74) is 8.75. The number of benzene rings is 1. The van der Waals surface area contributed by atoms with Crippen LogP contribution in [0.1, 0.15) is 40.7 Å². The molecule has 1 aliphatic carbocycles. The Hall–Kier alpha value is -1.42. The van der Waals surface area contributed by atoms with Gasteiger partial charge in [0.15, 0.2) is 0 Å². The van der Waals surface area contributed by atoms with Crippen molar-refractivity contribution >= 4 is 23.1 Å². The second-order valence-electron chi connectivity index (χ2n) is 5.32. The molecule has 0 radical (unpaired) electrons. The lowest BCUT2D eigenvalue weighted by molar-refractivity contribution is 0.0933. The minimum absolute atomic E-state index is 0.0312. The van der Waals surface area contributed by atoms with Gasteiger partial charge in [-0.25, -0.2) is 0 Å². The highest BCUT2D eigenvalue weighted by atomic mass is 32.1. The van der Waals surface area contributed by atoms with Gasteiger partial charge in [-0.3, -0.25) is 4.79 Å². The minimum Gasteiger partial charge on any atom is -0.393 e. The van der Waals surface area contributed by atoms with E-state index in [1.165, 1.54) is 5.56 Å². The van der Waals surface area contributed by atoms with Gasteiger partial charge in [0.05, 0.1) is 4.99 Å². The molecule has 0 spiro atoms. The van der Waals surface area contributed by atoms with Crippen LogP contribution in [-0.4, -0.2) is 16.9 Å². The molecule has 1 aromatic carbocycles. The van der Waals surface area contributed by atoms with Gasteiger partial charge in [0.2, 0.25) is 0 Å². The van der Waals surface area contributed by atoms with Gasteiger partial charge in [-0.05, 0) is 49.9 Å². The molecule has 102 valence electrons. The number of amides is 1. The molecule has 1 aliphatic rings. The van der Waals surface area contributed by atoms with Crippen LogP contribution < -0.4 is 11.1 Å². The number of nitrogens with two attached hydrogens (primary N) is 1. The van der Waals surface area contributed by atoms with Crippen LogP contribution in [0.25, 0.3) is 0 Å². The summed E-state index contributed by atoms with van der Waals surface area (Å²) in [6, 6.07) is 5.86. The van der Waals surface area contributed by atoms with Crippen molar-refractivity contribution in [3.8, 4) is 0 Å². The van der Waals surface area contributed by atoms with Crippen molar-refractivity contribution in [1.82, 2.24) is 5.32 Å². The van der Waals surface area contributed by atoms with E-state index in [2.05, 4.69) is 5.32 Å². The number of hydrogen-bond acceptors (Lipinski definition) is 2. The van der Waals surface area contributed by atoms with Crippen molar-refractivity contribution in [3.63, 3.8) is 0 Å². The molecule has 0 aromatic heterocycles. The SMILES string of the molecule is Cc1ccc(C(=O)NC2CCCC2C(N)=S)cc1C. The number of nitrogens with one attached hydrogen (secondary N) is 1. The van der Waals surface area contributed by atoms with E-state index in [1.54, 1.807) is 0 Å². The summed E-state index contributed by atoms with van der Waals surface area (Å²) in [4.78, 5) is 12.8. The molecule has 1 fully saturated rings. The Kier molecular flexibility index (Phi) is 4.20. The lowest BCUT2D eigenvalue weighted by Crippen LogP contribution is -2.41. The van der Waals surface area contributed by atoms with Gasteiger partial charge in [0.25, 0.3) is 5.91 Å². The lowest BCUT2D eigenvalue weighted by atomic mass is 10.0. The van der Waals surface area contributed by atoms with Gasteiger partial charge in [0.1, 0.15) is 0 Å². The summed E-state index contributed by atoms with van der Waals surface area (Å²) in [6.45, 7) is 4.05. The number of carbonyl (C=O) groups is 1. The van der Waals surface area contributed by atoms with Crippen molar-refractivity contribution in [1.29, 1.82) is 0 Å². The molecule has 1 aromatic rings. The molecule has 3 nitrogen and oxygen atoms in total. The van der Waals surface area contributed by atoms with E-state index in [0.29, 0.717) is 10.6 Å². The first-order valence-electron chi connectivity index (χ1n) is 6.66. The van der Waals surface area contributed by atoms with Gasteiger partial charge in [0, 0.05) is 17.5 Å². The van der Waals surface area contributed by atoms with Crippen molar-refractivity contribution < 1.29 is 4.79 Å². The van der Waals surface area contributed by atoms with Crippen LogP contribution in [0.2, 0.25) is 0 Å². The minimum atomic E-state index is -0.0312. The lowest BCUT2D eigenvalue weighted by Gasteiger charge is -2.20. The molecule has 2 atom stereocenters. The summed E-state index contributed by atoms with van der Waals surface area (Å²) in [6.07, 6.45) is 3.01. The Balaban J connectivity index is 2.08. The maximum Gasteiger partial charge on any atom is 0.251 e. The molecule has 19 heavy (non-hydrogen) atoms.